The predicted molar refractivity (Wildman–Crippen MR) is 79.8 cm³/mol. The third-order valence-electron chi connectivity index (χ3n) is 2.93. The van der Waals surface area contributed by atoms with E-state index in [0.29, 0.717) is 11.1 Å². The molecule has 20 heavy (non-hydrogen) atoms. The van der Waals surface area contributed by atoms with E-state index in [1.807, 2.05) is 24.3 Å². The van der Waals surface area contributed by atoms with Crippen molar-refractivity contribution in [2.75, 3.05) is 0 Å². The first-order valence-electron chi connectivity index (χ1n) is 6.36. The van der Waals surface area contributed by atoms with Gasteiger partial charge in [-0.05, 0) is 49.9 Å². The second kappa shape index (κ2) is 5.51. The lowest BCUT2D eigenvalue weighted by molar-refractivity contribution is 0.466. The molecule has 0 N–H and O–H groups in total. The summed E-state index contributed by atoms with van der Waals surface area (Å²) in [5.41, 5.74) is 3.39. The van der Waals surface area contributed by atoms with Gasteiger partial charge in [0, 0.05) is 10.5 Å². The highest BCUT2D eigenvalue weighted by molar-refractivity contribution is 7.99. The minimum atomic E-state index is 0.555. The fraction of sp³-hybridized carbons (Fsp3) is 0.125. The molecule has 4 heteroatoms. The largest absolute Gasteiger partial charge is 0.411 e. The summed E-state index contributed by atoms with van der Waals surface area (Å²) in [7, 11) is 0. The zero-order valence-electron chi connectivity index (χ0n) is 11.3. The van der Waals surface area contributed by atoms with Crippen molar-refractivity contribution in [2.24, 2.45) is 0 Å². The molecule has 0 aliphatic rings. The summed E-state index contributed by atoms with van der Waals surface area (Å²) in [6.07, 6.45) is 0. The molecule has 0 fully saturated rings. The van der Waals surface area contributed by atoms with Crippen LogP contribution in [0.25, 0.3) is 11.5 Å². The Morgan fingerprint density at radius 1 is 0.800 bits per heavy atom. The number of aromatic nitrogens is 2. The zero-order chi connectivity index (χ0) is 13.9. The van der Waals surface area contributed by atoms with Gasteiger partial charge in [-0.3, -0.25) is 0 Å². The van der Waals surface area contributed by atoms with Crippen LogP contribution in [0.2, 0.25) is 0 Å². The Bertz CT molecular complexity index is 702. The highest BCUT2D eigenvalue weighted by atomic mass is 32.2. The molecule has 100 valence electrons. The van der Waals surface area contributed by atoms with Gasteiger partial charge in [-0.1, -0.05) is 35.4 Å². The molecule has 0 amide bonds. The monoisotopic (exact) mass is 282 g/mol. The number of hydrogen-bond acceptors (Lipinski definition) is 4. The summed E-state index contributed by atoms with van der Waals surface area (Å²) in [6, 6.07) is 16.3. The fourth-order valence-corrected chi connectivity index (χ4v) is 2.45. The normalized spacial score (nSPS) is 10.7. The third-order valence-corrected chi connectivity index (χ3v) is 3.78. The second-order valence-electron chi connectivity index (χ2n) is 4.65. The van der Waals surface area contributed by atoms with Crippen LogP contribution in [0.4, 0.5) is 0 Å². The number of nitrogens with zero attached hydrogens (tertiary/aromatic N) is 2. The lowest BCUT2D eigenvalue weighted by atomic mass is 10.1. The first kappa shape index (κ1) is 12.9. The number of rotatable bonds is 3. The summed E-state index contributed by atoms with van der Waals surface area (Å²) in [5, 5.41) is 8.73. The van der Waals surface area contributed by atoms with E-state index in [1.54, 1.807) is 0 Å². The van der Waals surface area contributed by atoms with Gasteiger partial charge in [0.05, 0.1) is 0 Å². The SMILES string of the molecule is Cc1ccc(Sc2nnc(-c3ccc(C)cc3)o2)cc1. The smallest absolute Gasteiger partial charge is 0.281 e. The van der Waals surface area contributed by atoms with Crippen molar-refractivity contribution < 1.29 is 4.42 Å². The van der Waals surface area contributed by atoms with Crippen LogP contribution in [0.1, 0.15) is 11.1 Å². The summed E-state index contributed by atoms with van der Waals surface area (Å²) in [5.74, 6) is 0.555. The lowest BCUT2D eigenvalue weighted by Crippen LogP contribution is -1.78. The Balaban J connectivity index is 1.80. The summed E-state index contributed by atoms with van der Waals surface area (Å²) in [4.78, 5) is 1.09. The molecule has 0 unspecified atom stereocenters. The maximum atomic E-state index is 5.68. The van der Waals surface area contributed by atoms with Crippen molar-refractivity contribution in [3.63, 3.8) is 0 Å². The van der Waals surface area contributed by atoms with Crippen molar-refractivity contribution in [1.29, 1.82) is 0 Å². The molecule has 3 rings (SSSR count). The van der Waals surface area contributed by atoms with Crippen molar-refractivity contribution >= 4 is 11.8 Å². The topological polar surface area (TPSA) is 38.9 Å². The van der Waals surface area contributed by atoms with Crippen molar-refractivity contribution in [1.82, 2.24) is 10.2 Å². The summed E-state index contributed by atoms with van der Waals surface area (Å²) in [6.45, 7) is 4.12. The first-order chi connectivity index (χ1) is 9.70. The molecule has 3 aromatic rings. The Morgan fingerprint density at radius 3 is 2.05 bits per heavy atom. The number of benzene rings is 2. The average molecular weight is 282 g/mol. The quantitative estimate of drug-likeness (QED) is 0.708. The molecule has 0 bridgehead atoms. The van der Waals surface area contributed by atoms with Gasteiger partial charge < -0.3 is 4.42 Å². The predicted octanol–water partition coefficient (Wildman–Crippen LogP) is 4.50. The van der Waals surface area contributed by atoms with Gasteiger partial charge in [-0.25, -0.2) is 0 Å². The van der Waals surface area contributed by atoms with Gasteiger partial charge >= 0.3 is 0 Å². The molecule has 1 aromatic heterocycles. The Labute approximate surface area is 122 Å². The molecule has 0 saturated carbocycles. The van der Waals surface area contributed by atoms with Crippen molar-refractivity contribution in [3.8, 4) is 11.5 Å². The van der Waals surface area contributed by atoms with Gasteiger partial charge in [0.25, 0.3) is 5.22 Å². The van der Waals surface area contributed by atoms with E-state index >= 15 is 0 Å². The molecule has 0 saturated heterocycles. The minimum Gasteiger partial charge on any atom is -0.411 e. The van der Waals surface area contributed by atoms with Gasteiger partial charge in [-0.15, -0.1) is 10.2 Å². The standard InChI is InChI=1S/C16H14N2OS/c1-11-3-7-13(8-4-11)15-17-18-16(19-15)20-14-9-5-12(2)6-10-14/h3-10H,1-2H3. The van der Waals surface area contributed by atoms with E-state index in [0.717, 1.165) is 10.5 Å². The number of aryl methyl sites for hydroxylation is 2. The average Bonchev–Trinajstić information content (AvgIpc) is 2.91. The second-order valence-corrected chi connectivity index (χ2v) is 5.68. The molecular formula is C16H14N2OS. The Kier molecular flexibility index (Phi) is 3.56. The van der Waals surface area contributed by atoms with Crippen LogP contribution in [0, 0.1) is 13.8 Å². The van der Waals surface area contributed by atoms with Crippen LogP contribution in [0.3, 0.4) is 0 Å². The fourth-order valence-electron chi connectivity index (χ4n) is 1.77. The highest BCUT2D eigenvalue weighted by Crippen LogP contribution is 2.29. The van der Waals surface area contributed by atoms with Gasteiger partial charge in [0.15, 0.2) is 0 Å². The Morgan fingerprint density at radius 2 is 1.40 bits per heavy atom. The van der Waals surface area contributed by atoms with E-state index in [2.05, 4.69) is 48.3 Å². The maximum Gasteiger partial charge on any atom is 0.281 e. The molecule has 2 aromatic carbocycles. The molecule has 0 radical (unpaired) electrons. The molecule has 0 aliphatic heterocycles. The van der Waals surface area contributed by atoms with Crippen LogP contribution in [-0.4, -0.2) is 10.2 Å². The van der Waals surface area contributed by atoms with Crippen LogP contribution < -0.4 is 0 Å². The van der Waals surface area contributed by atoms with Crippen LogP contribution >= 0.6 is 11.8 Å². The molecule has 0 aliphatic carbocycles. The lowest BCUT2D eigenvalue weighted by Gasteiger charge is -1.97. The zero-order valence-corrected chi connectivity index (χ0v) is 12.1. The van der Waals surface area contributed by atoms with Crippen LogP contribution in [0.15, 0.2) is 63.1 Å². The van der Waals surface area contributed by atoms with Gasteiger partial charge in [-0.2, -0.15) is 0 Å². The van der Waals surface area contributed by atoms with E-state index in [1.165, 1.54) is 22.9 Å². The van der Waals surface area contributed by atoms with Gasteiger partial charge in [0.2, 0.25) is 5.89 Å². The molecule has 1 heterocycles. The van der Waals surface area contributed by atoms with E-state index in [4.69, 9.17) is 4.42 Å². The van der Waals surface area contributed by atoms with Gasteiger partial charge in [0.1, 0.15) is 0 Å². The Hall–Kier alpha value is -2.07. The summed E-state index contributed by atoms with van der Waals surface area (Å²) < 4.78 is 5.68. The third kappa shape index (κ3) is 2.91. The molecule has 3 nitrogen and oxygen atoms in total. The van der Waals surface area contributed by atoms with Crippen molar-refractivity contribution in [3.05, 3.63) is 59.7 Å². The van der Waals surface area contributed by atoms with Crippen LogP contribution in [0.5, 0.6) is 0 Å². The highest BCUT2D eigenvalue weighted by Gasteiger charge is 2.09. The van der Waals surface area contributed by atoms with Crippen molar-refractivity contribution in [2.45, 2.75) is 24.0 Å². The molecule has 0 atom stereocenters. The minimum absolute atomic E-state index is 0.555. The first-order valence-corrected chi connectivity index (χ1v) is 7.17. The van der Waals surface area contributed by atoms with E-state index in [9.17, 15) is 0 Å². The summed E-state index contributed by atoms with van der Waals surface area (Å²) >= 11 is 1.47. The molecular weight excluding hydrogens is 268 g/mol. The number of hydrogen-bond donors (Lipinski definition) is 0. The maximum absolute atomic E-state index is 5.68. The molecule has 0 spiro atoms. The van der Waals surface area contributed by atoms with E-state index in [-0.39, 0.29) is 0 Å². The van der Waals surface area contributed by atoms with E-state index < -0.39 is 0 Å². The van der Waals surface area contributed by atoms with Crippen LogP contribution in [-0.2, 0) is 0 Å².